The van der Waals surface area contributed by atoms with Gasteiger partial charge in [-0.15, -0.1) is 0 Å². The third kappa shape index (κ3) is 3.88. The van der Waals surface area contributed by atoms with E-state index in [9.17, 15) is 16.8 Å². The summed E-state index contributed by atoms with van der Waals surface area (Å²) in [5.74, 6) is 0. The van der Waals surface area contributed by atoms with Gasteiger partial charge in [-0.25, -0.2) is 16.8 Å². The topological polar surface area (TPSA) is 80.3 Å². The molecule has 1 N–H and O–H groups in total. The van der Waals surface area contributed by atoms with Crippen molar-refractivity contribution < 1.29 is 16.8 Å². The maximum Gasteiger partial charge on any atom is 0.261 e. The molecule has 0 fully saturated rings. The van der Waals surface area contributed by atoms with Crippen molar-refractivity contribution in [2.75, 3.05) is 11.0 Å². The Labute approximate surface area is 138 Å². The molecular formula is C14H14BrNO4S2. The molecule has 0 aliphatic carbocycles. The highest BCUT2D eigenvalue weighted by atomic mass is 79.9. The molecule has 0 atom stereocenters. The van der Waals surface area contributed by atoms with Crippen LogP contribution in [0.15, 0.2) is 56.7 Å². The number of nitrogens with one attached hydrogen (secondary N) is 1. The van der Waals surface area contributed by atoms with Gasteiger partial charge in [-0.1, -0.05) is 22.0 Å². The molecular weight excluding hydrogens is 390 g/mol. The van der Waals surface area contributed by atoms with Crippen LogP contribution >= 0.6 is 15.9 Å². The van der Waals surface area contributed by atoms with E-state index in [1.807, 2.05) is 0 Å². The van der Waals surface area contributed by atoms with Crippen molar-refractivity contribution in [1.82, 2.24) is 0 Å². The lowest BCUT2D eigenvalue weighted by atomic mass is 10.2. The van der Waals surface area contributed by atoms with Crippen LogP contribution in [0.1, 0.15) is 5.56 Å². The molecule has 0 radical (unpaired) electrons. The van der Waals surface area contributed by atoms with Crippen LogP contribution in [0.3, 0.4) is 0 Å². The van der Waals surface area contributed by atoms with Crippen LogP contribution < -0.4 is 4.72 Å². The molecule has 118 valence electrons. The zero-order valence-electron chi connectivity index (χ0n) is 11.9. The second-order valence-electron chi connectivity index (χ2n) is 4.81. The average molecular weight is 404 g/mol. The van der Waals surface area contributed by atoms with E-state index in [0.29, 0.717) is 5.69 Å². The molecule has 0 saturated carbocycles. The van der Waals surface area contributed by atoms with Crippen molar-refractivity contribution in [3.05, 3.63) is 52.5 Å². The smallest absolute Gasteiger partial charge is 0.261 e. The van der Waals surface area contributed by atoms with Crippen molar-refractivity contribution in [3.63, 3.8) is 0 Å². The highest BCUT2D eigenvalue weighted by Crippen LogP contribution is 2.24. The molecule has 2 aromatic rings. The zero-order valence-corrected chi connectivity index (χ0v) is 15.1. The molecule has 0 unspecified atom stereocenters. The van der Waals surface area contributed by atoms with E-state index in [1.165, 1.54) is 18.2 Å². The SMILES string of the molecule is Cc1cc(Br)ccc1NS(=O)(=O)c1cccc(S(C)(=O)=O)c1. The summed E-state index contributed by atoms with van der Waals surface area (Å²) in [4.78, 5) is -0.138. The Bertz CT molecular complexity index is 922. The van der Waals surface area contributed by atoms with Gasteiger partial charge in [0, 0.05) is 10.7 Å². The summed E-state index contributed by atoms with van der Waals surface area (Å²) >= 11 is 3.31. The van der Waals surface area contributed by atoms with Gasteiger partial charge in [-0.3, -0.25) is 4.72 Å². The fraction of sp³-hybridized carbons (Fsp3) is 0.143. The van der Waals surface area contributed by atoms with Gasteiger partial charge in [0.25, 0.3) is 10.0 Å². The lowest BCUT2D eigenvalue weighted by Gasteiger charge is -2.11. The van der Waals surface area contributed by atoms with Gasteiger partial charge in [0.2, 0.25) is 0 Å². The van der Waals surface area contributed by atoms with Crippen LogP contribution in [0.5, 0.6) is 0 Å². The van der Waals surface area contributed by atoms with Gasteiger partial charge in [0.05, 0.1) is 15.5 Å². The highest BCUT2D eigenvalue weighted by Gasteiger charge is 2.18. The van der Waals surface area contributed by atoms with Gasteiger partial charge < -0.3 is 0 Å². The van der Waals surface area contributed by atoms with E-state index in [0.717, 1.165) is 22.4 Å². The molecule has 0 aliphatic heterocycles. The first kappa shape index (κ1) is 17.0. The number of aryl methyl sites for hydroxylation is 1. The molecule has 0 aromatic heterocycles. The number of sulfone groups is 1. The second-order valence-corrected chi connectivity index (χ2v) is 9.43. The van der Waals surface area contributed by atoms with Crippen LogP contribution in [0.2, 0.25) is 0 Å². The number of halogens is 1. The molecule has 22 heavy (non-hydrogen) atoms. The largest absolute Gasteiger partial charge is 0.279 e. The van der Waals surface area contributed by atoms with Gasteiger partial charge >= 0.3 is 0 Å². The number of rotatable bonds is 4. The van der Waals surface area contributed by atoms with Gasteiger partial charge in [0.15, 0.2) is 9.84 Å². The summed E-state index contributed by atoms with van der Waals surface area (Å²) in [5, 5.41) is 0. The third-order valence-electron chi connectivity index (χ3n) is 2.98. The van der Waals surface area contributed by atoms with Gasteiger partial charge in [0.1, 0.15) is 0 Å². The highest BCUT2D eigenvalue weighted by molar-refractivity contribution is 9.10. The molecule has 0 heterocycles. The lowest BCUT2D eigenvalue weighted by Crippen LogP contribution is -2.14. The summed E-state index contributed by atoms with van der Waals surface area (Å²) < 4.78 is 51.2. The van der Waals surface area contributed by atoms with Crippen LogP contribution in [-0.2, 0) is 19.9 Å². The van der Waals surface area contributed by atoms with Crippen LogP contribution in [0.4, 0.5) is 5.69 Å². The summed E-state index contributed by atoms with van der Waals surface area (Å²) in [6.07, 6.45) is 1.03. The van der Waals surface area contributed by atoms with E-state index in [2.05, 4.69) is 20.7 Å². The Morgan fingerprint density at radius 2 is 1.59 bits per heavy atom. The van der Waals surface area contributed by atoms with Crippen LogP contribution in [-0.4, -0.2) is 23.1 Å². The molecule has 2 rings (SSSR count). The number of sulfonamides is 1. The number of anilines is 1. The van der Waals surface area contributed by atoms with Crippen molar-refractivity contribution >= 4 is 41.5 Å². The minimum atomic E-state index is -3.86. The Morgan fingerprint density at radius 1 is 0.955 bits per heavy atom. The Kier molecular flexibility index (Phi) is 4.65. The number of hydrogen-bond acceptors (Lipinski definition) is 4. The molecule has 0 saturated heterocycles. The fourth-order valence-electron chi connectivity index (χ4n) is 1.82. The predicted molar refractivity (Wildman–Crippen MR) is 89.2 cm³/mol. The Hall–Kier alpha value is -1.38. The van der Waals surface area contributed by atoms with Crippen molar-refractivity contribution in [2.24, 2.45) is 0 Å². The molecule has 8 heteroatoms. The lowest BCUT2D eigenvalue weighted by molar-refractivity contribution is 0.599. The monoisotopic (exact) mass is 403 g/mol. The second kappa shape index (κ2) is 6.02. The standard InChI is InChI=1S/C14H14BrNO4S2/c1-10-8-11(15)6-7-14(10)16-22(19,20)13-5-3-4-12(9-13)21(2,17)18/h3-9,16H,1-2H3. The molecule has 5 nitrogen and oxygen atoms in total. The Balaban J connectivity index is 2.43. The maximum atomic E-state index is 12.4. The average Bonchev–Trinajstić information content (AvgIpc) is 2.41. The minimum Gasteiger partial charge on any atom is -0.279 e. The number of benzene rings is 2. The van der Waals surface area contributed by atoms with Crippen molar-refractivity contribution in [2.45, 2.75) is 16.7 Å². The van der Waals surface area contributed by atoms with E-state index in [1.54, 1.807) is 25.1 Å². The van der Waals surface area contributed by atoms with Crippen LogP contribution in [0.25, 0.3) is 0 Å². The van der Waals surface area contributed by atoms with E-state index in [-0.39, 0.29) is 9.79 Å². The summed E-state index contributed by atoms with van der Waals surface area (Å²) in [6.45, 7) is 1.77. The molecule has 2 aromatic carbocycles. The van der Waals surface area contributed by atoms with Crippen molar-refractivity contribution in [1.29, 1.82) is 0 Å². The Morgan fingerprint density at radius 3 is 2.18 bits per heavy atom. The van der Waals surface area contributed by atoms with Crippen LogP contribution in [0, 0.1) is 6.92 Å². The van der Waals surface area contributed by atoms with E-state index >= 15 is 0 Å². The summed E-state index contributed by atoms with van der Waals surface area (Å²) in [6, 6.07) is 10.4. The zero-order chi connectivity index (χ0) is 16.5. The quantitative estimate of drug-likeness (QED) is 0.850. The fourth-order valence-corrected chi connectivity index (χ4v) is 4.21. The first-order chi connectivity index (χ1) is 10.1. The molecule has 0 bridgehead atoms. The summed E-state index contributed by atoms with van der Waals surface area (Å²) in [5.41, 5.74) is 1.19. The molecule has 0 amide bonds. The number of hydrogen-bond donors (Lipinski definition) is 1. The third-order valence-corrected chi connectivity index (χ3v) is 5.94. The van der Waals surface area contributed by atoms with Gasteiger partial charge in [-0.2, -0.15) is 0 Å². The molecule has 0 spiro atoms. The summed E-state index contributed by atoms with van der Waals surface area (Å²) in [7, 11) is -7.33. The van der Waals surface area contributed by atoms with Crippen molar-refractivity contribution in [3.8, 4) is 0 Å². The normalized spacial score (nSPS) is 12.1. The predicted octanol–water partition coefficient (Wildman–Crippen LogP) is 2.96. The first-order valence-electron chi connectivity index (χ1n) is 6.19. The maximum absolute atomic E-state index is 12.4. The van der Waals surface area contributed by atoms with E-state index < -0.39 is 19.9 Å². The molecule has 0 aliphatic rings. The minimum absolute atomic E-state index is 0.0390. The van der Waals surface area contributed by atoms with Gasteiger partial charge in [-0.05, 0) is 48.9 Å². The first-order valence-corrected chi connectivity index (χ1v) is 10.4. The van der Waals surface area contributed by atoms with E-state index in [4.69, 9.17) is 0 Å².